The number of carbonyl (C=O) groups excluding carboxylic acids is 1. The van der Waals surface area contributed by atoms with Gasteiger partial charge in [0.15, 0.2) is 5.69 Å². The number of aromatic amines is 1. The van der Waals surface area contributed by atoms with Crippen LogP contribution >= 0.6 is 0 Å². The molecule has 24 heavy (non-hydrogen) atoms. The van der Waals surface area contributed by atoms with E-state index in [0.29, 0.717) is 18.2 Å². The molecule has 3 heterocycles. The molecule has 1 aliphatic rings. The van der Waals surface area contributed by atoms with E-state index < -0.39 is 0 Å². The number of hydrogen-bond acceptors (Lipinski definition) is 4. The molecule has 0 unspecified atom stereocenters. The molecule has 3 rings (SSSR count). The van der Waals surface area contributed by atoms with E-state index in [2.05, 4.69) is 50.9 Å². The van der Waals surface area contributed by atoms with E-state index in [1.807, 2.05) is 12.4 Å². The average molecular weight is 330 g/mol. The molecule has 0 aliphatic carbocycles. The molecule has 0 atom stereocenters. The maximum absolute atomic E-state index is 12.4. The lowest BCUT2D eigenvalue weighted by atomic mass is 10.1. The summed E-state index contributed by atoms with van der Waals surface area (Å²) in [4.78, 5) is 19.0. The number of carbonyl (C=O) groups is 1. The normalized spacial score (nSPS) is 14.8. The van der Waals surface area contributed by atoms with Crippen LogP contribution in [0.5, 0.6) is 0 Å². The van der Waals surface area contributed by atoms with Crippen molar-refractivity contribution in [2.45, 2.75) is 45.7 Å². The number of H-pyrrole nitrogens is 1. The molecule has 2 N–H and O–H groups in total. The van der Waals surface area contributed by atoms with Gasteiger partial charge in [-0.15, -0.1) is 0 Å². The summed E-state index contributed by atoms with van der Waals surface area (Å²) in [5.74, 6) is 1.41. The summed E-state index contributed by atoms with van der Waals surface area (Å²) in [7, 11) is 2.06. The number of likely N-dealkylation sites (N-methyl/N-ethyl adjacent to an activating group) is 1. The fraction of sp³-hybridized carbons (Fsp3) is 0.588. The minimum absolute atomic E-state index is 0.0856. The molecule has 2 aromatic rings. The van der Waals surface area contributed by atoms with E-state index in [-0.39, 0.29) is 5.91 Å². The molecule has 130 valence electrons. The van der Waals surface area contributed by atoms with Crippen LogP contribution in [-0.2, 0) is 19.5 Å². The van der Waals surface area contributed by atoms with Gasteiger partial charge in [-0.3, -0.25) is 9.89 Å². The third kappa shape index (κ3) is 3.51. The van der Waals surface area contributed by atoms with Crippen molar-refractivity contribution in [1.29, 1.82) is 0 Å². The summed E-state index contributed by atoms with van der Waals surface area (Å²) >= 11 is 0. The molecule has 0 bridgehead atoms. The molecule has 0 saturated heterocycles. The standard InChI is InChI=1S/C17H26N6O/c1-12(2)16-18-7-10-23(16)8-4-6-19-17(24)15-13-11-22(3)9-5-14(13)20-21-15/h7,10,12H,4-6,8-9,11H2,1-3H3,(H,19,24)(H,20,21). The Bertz CT molecular complexity index is 702. The number of hydrogen-bond donors (Lipinski definition) is 2. The highest BCUT2D eigenvalue weighted by atomic mass is 16.1. The van der Waals surface area contributed by atoms with Crippen LogP contribution in [0, 0.1) is 0 Å². The van der Waals surface area contributed by atoms with Gasteiger partial charge in [-0.1, -0.05) is 13.8 Å². The fourth-order valence-corrected chi connectivity index (χ4v) is 3.16. The van der Waals surface area contributed by atoms with Gasteiger partial charge in [-0.2, -0.15) is 5.10 Å². The maximum atomic E-state index is 12.4. The molecule has 0 radical (unpaired) electrons. The molecule has 0 saturated carbocycles. The summed E-state index contributed by atoms with van der Waals surface area (Å²) in [6.07, 6.45) is 5.62. The monoisotopic (exact) mass is 330 g/mol. The van der Waals surface area contributed by atoms with Gasteiger partial charge in [0.1, 0.15) is 5.82 Å². The van der Waals surface area contributed by atoms with Gasteiger partial charge in [0.25, 0.3) is 5.91 Å². The van der Waals surface area contributed by atoms with E-state index in [4.69, 9.17) is 0 Å². The lowest BCUT2D eigenvalue weighted by molar-refractivity contribution is 0.0945. The maximum Gasteiger partial charge on any atom is 0.272 e. The van der Waals surface area contributed by atoms with Gasteiger partial charge in [-0.05, 0) is 13.5 Å². The summed E-state index contributed by atoms with van der Waals surface area (Å²) in [6.45, 7) is 7.54. The van der Waals surface area contributed by atoms with Gasteiger partial charge in [0.2, 0.25) is 0 Å². The highest BCUT2D eigenvalue weighted by Gasteiger charge is 2.23. The first kappa shape index (κ1) is 16.7. The first-order valence-electron chi connectivity index (χ1n) is 8.60. The molecule has 0 spiro atoms. The van der Waals surface area contributed by atoms with Crippen LogP contribution in [-0.4, -0.2) is 50.7 Å². The Labute approximate surface area is 142 Å². The molecule has 0 fully saturated rings. The first-order chi connectivity index (χ1) is 11.6. The molecule has 7 nitrogen and oxygen atoms in total. The smallest absolute Gasteiger partial charge is 0.272 e. The van der Waals surface area contributed by atoms with Crippen molar-refractivity contribution in [2.75, 3.05) is 20.1 Å². The zero-order valence-electron chi connectivity index (χ0n) is 14.7. The first-order valence-corrected chi connectivity index (χ1v) is 8.60. The SMILES string of the molecule is CC(C)c1nccn1CCCNC(=O)c1n[nH]c2c1CN(C)CC2. The largest absolute Gasteiger partial charge is 0.351 e. The molecule has 1 amide bonds. The molecule has 7 heteroatoms. The van der Waals surface area contributed by atoms with E-state index in [0.717, 1.165) is 49.6 Å². The summed E-state index contributed by atoms with van der Waals surface area (Å²) in [5, 5.41) is 10.2. The number of imidazole rings is 1. The van der Waals surface area contributed by atoms with Gasteiger partial charge in [0.05, 0.1) is 0 Å². The predicted octanol–water partition coefficient (Wildman–Crippen LogP) is 1.54. The van der Waals surface area contributed by atoms with Crippen LogP contribution in [0.15, 0.2) is 12.4 Å². The Morgan fingerprint density at radius 1 is 1.46 bits per heavy atom. The number of fused-ring (bicyclic) bond motifs is 1. The zero-order valence-corrected chi connectivity index (χ0v) is 14.7. The predicted molar refractivity (Wildman–Crippen MR) is 91.9 cm³/mol. The lowest BCUT2D eigenvalue weighted by Crippen LogP contribution is -2.30. The molecule has 1 aliphatic heterocycles. The quantitative estimate of drug-likeness (QED) is 0.788. The van der Waals surface area contributed by atoms with Crippen molar-refractivity contribution in [3.8, 4) is 0 Å². The third-order valence-corrected chi connectivity index (χ3v) is 4.46. The third-order valence-electron chi connectivity index (χ3n) is 4.46. The molecule has 2 aromatic heterocycles. The van der Waals surface area contributed by atoms with E-state index in [9.17, 15) is 4.79 Å². The Balaban J connectivity index is 1.51. The van der Waals surface area contributed by atoms with Crippen LogP contribution in [0.4, 0.5) is 0 Å². The van der Waals surface area contributed by atoms with E-state index in [1.54, 1.807) is 0 Å². The minimum Gasteiger partial charge on any atom is -0.351 e. The van der Waals surface area contributed by atoms with E-state index in [1.165, 1.54) is 0 Å². The number of rotatable bonds is 6. The Morgan fingerprint density at radius 2 is 2.29 bits per heavy atom. The number of amides is 1. The number of nitrogens with one attached hydrogen (secondary N) is 2. The summed E-state index contributed by atoms with van der Waals surface area (Å²) < 4.78 is 2.15. The van der Waals surface area contributed by atoms with Crippen molar-refractivity contribution in [1.82, 2.24) is 30.0 Å². The second-order valence-corrected chi connectivity index (χ2v) is 6.76. The van der Waals surface area contributed by atoms with Gasteiger partial charge < -0.3 is 14.8 Å². The van der Waals surface area contributed by atoms with Crippen LogP contribution in [0.25, 0.3) is 0 Å². The van der Waals surface area contributed by atoms with Crippen LogP contribution in [0.3, 0.4) is 0 Å². The second kappa shape index (κ2) is 7.17. The molecular weight excluding hydrogens is 304 g/mol. The van der Waals surface area contributed by atoms with Crippen LogP contribution in [0.2, 0.25) is 0 Å². The van der Waals surface area contributed by atoms with Crippen molar-refractivity contribution < 1.29 is 4.79 Å². The van der Waals surface area contributed by atoms with E-state index >= 15 is 0 Å². The zero-order chi connectivity index (χ0) is 17.1. The lowest BCUT2D eigenvalue weighted by Gasteiger charge is -2.22. The fourth-order valence-electron chi connectivity index (χ4n) is 3.16. The van der Waals surface area contributed by atoms with Gasteiger partial charge in [-0.25, -0.2) is 4.98 Å². The topological polar surface area (TPSA) is 78.8 Å². The van der Waals surface area contributed by atoms with Crippen LogP contribution in [0.1, 0.15) is 53.8 Å². The Kier molecular flexibility index (Phi) is 4.99. The Hall–Kier alpha value is -2.15. The number of nitrogens with zero attached hydrogens (tertiary/aromatic N) is 4. The van der Waals surface area contributed by atoms with Gasteiger partial charge >= 0.3 is 0 Å². The number of aromatic nitrogens is 4. The Morgan fingerprint density at radius 3 is 3.08 bits per heavy atom. The van der Waals surface area contributed by atoms with Crippen LogP contribution < -0.4 is 5.32 Å². The summed E-state index contributed by atoms with van der Waals surface area (Å²) in [5.41, 5.74) is 2.68. The van der Waals surface area contributed by atoms with Crippen molar-refractivity contribution in [3.63, 3.8) is 0 Å². The average Bonchev–Trinajstić information content (AvgIpc) is 3.17. The highest BCUT2D eigenvalue weighted by molar-refractivity contribution is 5.94. The minimum atomic E-state index is -0.0856. The van der Waals surface area contributed by atoms with Gasteiger partial charge in [0, 0.05) is 62.2 Å². The van der Waals surface area contributed by atoms with Crippen molar-refractivity contribution >= 4 is 5.91 Å². The molecular formula is C17H26N6O. The highest BCUT2D eigenvalue weighted by Crippen LogP contribution is 2.19. The van der Waals surface area contributed by atoms with Crippen molar-refractivity contribution in [3.05, 3.63) is 35.2 Å². The number of aryl methyl sites for hydroxylation is 1. The van der Waals surface area contributed by atoms with Crippen molar-refractivity contribution in [2.24, 2.45) is 0 Å². The summed E-state index contributed by atoms with van der Waals surface area (Å²) in [6, 6.07) is 0. The molecule has 0 aromatic carbocycles. The second-order valence-electron chi connectivity index (χ2n) is 6.76.